The van der Waals surface area contributed by atoms with Crippen LogP contribution in [0.15, 0.2) is 17.1 Å². The van der Waals surface area contributed by atoms with Crippen molar-refractivity contribution in [2.45, 2.75) is 19.8 Å². The first-order valence-electron chi connectivity index (χ1n) is 4.01. The van der Waals surface area contributed by atoms with Gasteiger partial charge < -0.3 is 4.74 Å². The van der Waals surface area contributed by atoms with Gasteiger partial charge in [0.15, 0.2) is 0 Å². The van der Waals surface area contributed by atoms with Crippen molar-refractivity contribution in [3.8, 4) is 6.01 Å². The minimum Gasteiger partial charge on any atom is -0.465 e. The Labute approximate surface area is 70.6 Å². The number of hydrogen-bond acceptors (Lipinski definition) is 3. The molecule has 0 aromatic carbocycles. The molecule has 12 heavy (non-hydrogen) atoms. The molecule has 0 saturated heterocycles. The molecule has 0 bridgehead atoms. The molecule has 0 fully saturated rings. The summed E-state index contributed by atoms with van der Waals surface area (Å²) in [6.45, 7) is 2.67. The van der Waals surface area contributed by atoms with Gasteiger partial charge in [0.1, 0.15) is 0 Å². The van der Waals surface area contributed by atoms with Gasteiger partial charge in [0.25, 0.3) is 11.6 Å². The molecule has 0 aliphatic heterocycles. The van der Waals surface area contributed by atoms with E-state index in [9.17, 15) is 4.79 Å². The van der Waals surface area contributed by atoms with E-state index >= 15 is 0 Å². The third-order valence-electron chi connectivity index (χ3n) is 1.38. The molecular weight excluding hydrogens is 156 g/mol. The van der Waals surface area contributed by atoms with Gasteiger partial charge in [-0.2, -0.15) is 0 Å². The number of nitrogens with one attached hydrogen (secondary N) is 1. The van der Waals surface area contributed by atoms with Gasteiger partial charge in [0.05, 0.1) is 6.61 Å². The van der Waals surface area contributed by atoms with E-state index in [0.29, 0.717) is 12.6 Å². The molecule has 1 aromatic heterocycles. The maximum atomic E-state index is 10.7. The lowest BCUT2D eigenvalue weighted by molar-refractivity contribution is 0.284. The van der Waals surface area contributed by atoms with Gasteiger partial charge in [-0.15, -0.1) is 0 Å². The van der Waals surface area contributed by atoms with Crippen molar-refractivity contribution in [3.05, 3.63) is 22.6 Å². The molecule has 0 aliphatic carbocycles. The van der Waals surface area contributed by atoms with Gasteiger partial charge in [-0.3, -0.25) is 9.78 Å². The van der Waals surface area contributed by atoms with Crippen LogP contribution < -0.4 is 10.3 Å². The SMILES string of the molecule is CCCCOc1nccc(=O)[nH]1. The molecule has 1 heterocycles. The summed E-state index contributed by atoms with van der Waals surface area (Å²) in [5.74, 6) is 0. The smallest absolute Gasteiger partial charge is 0.296 e. The van der Waals surface area contributed by atoms with Crippen LogP contribution in [0.4, 0.5) is 0 Å². The van der Waals surface area contributed by atoms with Crippen molar-refractivity contribution < 1.29 is 4.74 Å². The highest BCUT2D eigenvalue weighted by Gasteiger charge is 1.93. The lowest BCUT2D eigenvalue weighted by atomic mass is 10.4. The number of ether oxygens (including phenoxy) is 1. The van der Waals surface area contributed by atoms with Crippen molar-refractivity contribution in [2.24, 2.45) is 0 Å². The zero-order valence-corrected chi connectivity index (χ0v) is 7.04. The molecule has 1 rings (SSSR count). The largest absolute Gasteiger partial charge is 0.465 e. The van der Waals surface area contributed by atoms with Crippen LogP contribution >= 0.6 is 0 Å². The molecule has 4 nitrogen and oxygen atoms in total. The highest BCUT2D eigenvalue weighted by Crippen LogP contribution is 1.96. The maximum absolute atomic E-state index is 10.7. The fraction of sp³-hybridized carbons (Fsp3) is 0.500. The topological polar surface area (TPSA) is 55.0 Å². The summed E-state index contributed by atoms with van der Waals surface area (Å²) in [6.07, 6.45) is 3.47. The number of hydrogen-bond donors (Lipinski definition) is 1. The van der Waals surface area contributed by atoms with Crippen molar-refractivity contribution in [1.82, 2.24) is 9.97 Å². The Hall–Kier alpha value is -1.32. The van der Waals surface area contributed by atoms with Crippen molar-refractivity contribution in [2.75, 3.05) is 6.61 Å². The van der Waals surface area contributed by atoms with Crippen LogP contribution in [0.25, 0.3) is 0 Å². The summed E-state index contributed by atoms with van der Waals surface area (Å²) in [5.41, 5.74) is -0.184. The highest BCUT2D eigenvalue weighted by molar-refractivity contribution is 4.93. The summed E-state index contributed by atoms with van der Waals surface area (Å²) >= 11 is 0. The summed E-state index contributed by atoms with van der Waals surface area (Å²) in [5, 5.41) is 0. The van der Waals surface area contributed by atoms with E-state index in [1.165, 1.54) is 12.3 Å². The van der Waals surface area contributed by atoms with Crippen molar-refractivity contribution in [1.29, 1.82) is 0 Å². The predicted molar refractivity (Wildman–Crippen MR) is 45.3 cm³/mol. The Balaban J connectivity index is 2.47. The fourth-order valence-corrected chi connectivity index (χ4v) is 0.739. The molecule has 66 valence electrons. The molecule has 0 amide bonds. The second-order valence-corrected chi connectivity index (χ2v) is 2.44. The average molecular weight is 168 g/mol. The normalized spacial score (nSPS) is 9.75. The molecule has 0 spiro atoms. The molecule has 0 atom stereocenters. The Morgan fingerprint density at radius 1 is 1.67 bits per heavy atom. The zero-order valence-electron chi connectivity index (χ0n) is 7.04. The van der Waals surface area contributed by atoms with E-state index in [1.807, 2.05) is 0 Å². The number of rotatable bonds is 4. The van der Waals surface area contributed by atoms with Crippen LogP contribution in [0.1, 0.15) is 19.8 Å². The molecular formula is C8H12N2O2. The van der Waals surface area contributed by atoms with E-state index < -0.39 is 0 Å². The molecule has 0 unspecified atom stereocenters. The molecule has 0 radical (unpaired) electrons. The first-order valence-corrected chi connectivity index (χ1v) is 4.01. The standard InChI is InChI=1S/C8H12N2O2/c1-2-3-6-12-8-9-5-4-7(11)10-8/h4-5H,2-3,6H2,1H3,(H,9,10,11). The minimum absolute atomic E-state index is 0.184. The number of unbranched alkanes of at least 4 members (excludes halogenated alkanes) is 1. The first kappa shape index (κ1) is 8.77. The average Bonchev–Trinajstić information content (AvgIpc) is 2.05. The van der Waals surface area contributed by atoms with E-state index in [2.05, 4.69) is 16.9 Å². The second-order valence-electron chi connectivity index (χ2n) is 2.44. The minimum atomic E-state index is -0.184. The summed E-state index contributed by atoms with van der Waals surface area (Å²) in [4.78, 5) is 17.1. The predicted octanol–water partition coefficient (Wildman–Crippen LogP) is 0.949. The summed E-state index contributed by atoms with van der Waals surface area (Å²) in [6, 6.07) is 1.66. The van der Waals surface area contributed by atoms with E-state index in [0.717, 1.165) is 12.8 Å². The molecule has 1 N–H and O–H groups in total. The van der Waals surface area contributed by atoms with Crippen LogP contribution in [-0.4, -0.2) is 16.6 Å². The quantitative estimate of drug-likeness (QED) is 0.681. The first-order chi connectivity index (χ1) is 5.83. The maximum Gasteiger partial charge on any atom is 0.296 e. The lowest BCUT2D eigenvalue weighted by Crippen LogP contribution is -2.08. The van der Waals surface area contributed by atoms with E-state index in [1.54, 1.807) is 0 Å². The van der Waals surface area contributed by atoms with E-state index in [4.69, 9.17) is 4.74 Å². The number of aromatic amines is 1. The van der Waals surface area contributed by atoms with Crippen LogP contribution in [0.5, 0.6) is 6.01 Å². The number of aromatic nitrogens is 2. The second kappa shape index (κ2) is 4.54. The number of H-pyrrole nitrogens is 1. The summed E-state index contributed by atoms with van der Waals surface area (Å²) < 4.78 is 5.16. The van der Waals surface area contributed by atoms with Gasteiger partial charge in [0.2, 0.25) is 0 Å². The zero-order chi connectivity index (χ0) is 8.81. The van der Waals surface area contributed by atoms with Crippen LogP contribution in [0.2, 0.25) is 0 Å². The van der Waals surface area contributed by atoms with Gasteiger partial charge >= 0.3 is 0 Å². The van der Waals surface area contributed by atoms with Crippen LogP contribution in [-0.2, 0) is 0 Å². The summed E-state index contributed by atoms with van der Waals surface area (Å²) in [7, 11) is 0. The highest BCUT2D eigenvalue weighted by atomic mass is 16.5. The van der Waals surface area contributed by atoms with Gasteiger partial charge in [-0.1, -0.05) is 13.3 Å². The Bertz CT molecular complexity index is 282. The van der Waals surface area contributed by atoms with Crippen molar-refractivity contribution >= 4 is 0 Å². The van der Waals surface area contributed by atoms with Gasteiger partial charge in [-0.25, -0.2) is 4.98 Å². The van der Waals surface area contributed by atoms with Crippen molar-refractivity contribution in [3.63, 3.8) is 0 Å². The van der Waals surface area contributed by atoms with Crippen LogP contribution in [0.3, 0.4) is 0 Å². The Morgan fingerprint density at radius 2 is 2.50 bits per heavy atom. The molecule has 4 heteroatoms. The monoisotopic (exact) mass is 168 g/mol. The third kappa shape index (κ3) is 2.74. The Morgan fingerprint density at radius 3 is 3.17 bits per heavy atom. The third-order valence-corrected chi connectivity index (χ3v) is 1.38. The van der Waals surface area contributed by atoms with Gasteiger partial charge in [-0.05, 0) is 6.42 Å². The Kier molecular flexibility index (Phi) is 3.32. The lowest BCUT2D eigenvalue weighted by Gasteiger charge is -2.01. The van der Waals surface area contributed by atoms with Crippen LogP contribution in [0, 0.1) is 0 Å². The molecule has 1 aromatic rings. The molecule has 0 aliphatic rings. The number of nitrogens with zero attached hydrogens (tertiary/aromatic N) is 1. The molecule has 0 saturated carbocycles. The fourth-order valence-electron chi connectivity index (χ4n) is 0.739. The van der Waals surface area contributed by atoms with Gasteiger partial charge in [0, 0.05) is 12.3 Å². The van der Waals surface area contributed by atoms with E-state index in [-0.39, 0.29) is 5.56 Å².